The predicted octanol–water partition coefficient (Wildman–Crippen LogP) is 4.05. The number of fused-ring (bicyclic) bond motifs is 1. The van der Waals surface area contributed by atoms with Crippen LogP contribution in [0.5, 0.6) is 0 Å². The number of carboxylic acids is 1. The van der Waals surface area contributed by atoms with Crippen LogP contribution in [0.4, 0.5) is 0 Å². The number of carbonyl (C=O) groups is 1. The minimum absolute atomic E-state index is 0.162. The van der Waals surface area contributed by atoms with Gasteiger partial charge in [-0.25, -0.2) is 0 Å². The molecule has 0 atom stereocenters. The average Bonchev–Trinajstić information content (AvgIpc) is 2.77. The first-order valence-corrected chi connectivity index (χ1v) is 7.64. The van der Waals surface area contributed by atoms with Crippen LogP contribution in [-0.4, -0.2) is 20.9 Å². The second-order valence-electron chi connectivity index (χ2n) is 4.57. The van der Waals surface area contributed by atoms with Crippen molar-refractivity contribution in [1.82, 2.24) is 9.78 Å². The van der Waals surface area contributed by atoms with E-state index in [2.05, 4.69) is 27.7 Å². The van der Waals surface area contributed by atoms with E-state index in [1.54, 1.807) is 12.1 Å². The molecule has 0 aliphatic rings. The Bertz CT molecular complexity index is 828. The van der Waals surface area contributed by atoms with Crippen molar-refractivity contribution >= 4 is 51.1 Å². The van der Waals surface area contributed by atoms with Crippen LogP contribution in [0.1, 0.15) is 0 Å². The Morgan fingerprint density at radius 2 is 1.95 bits per heavy atom. The lowest BCUT2D eigenvalue weighted by atomic mass is 10.1. The molecule has 0 aliphatic carbocycles. The van der Waals surface area contributed by atoms with Crippen molar-refractivity contribution in [2.24, 2.45) is 0 Å². The topological polar surface area (TPSA) is 55.1 Å². The van der Waals surface area contributed by atoms with Gasteiger partial charge >= 0.3 is 5.97 Å². The van der Waals surface area contributed by atoms with Gasteiger partial charge in [0.15, 0.2) is 0 Å². The molecule has 0 bridgehead atoms. The Labute approximate surface area is 139 Å². The lowest BCUT2D eigenvalue weighted by Crippen LogP contribution is -2.09. The second-order valence-corrected chi connectivity index (χ2v) is 6.25. The fraction of sp³-hybridized carbons (Fsp3) is 0.0667. The van der Waals surface area contributed by atoms with Gasteiger partial charge in [0.2, 0.25) is 0 Å². The SMILES string of the molecule is O=C(O)Cn1nc(-c2ccc(Cl)cc2)c2cc(I)ccc21. The molecule has 0 aliphatic heterocycles. The summed E-state index contributed by atoms with van der Waals surface area (Å²) in [5, 5.41) is 15.1. The van der Waals surface area contributed by atoms with E-state index in [1.165, 1.54) is 4.68 Å². The summed E-state index contributed by atoms with van der Waals surface area (Å²) < 4.78 is 2.59. The van der Waals surface area contributed by atoms with Gasteiger partial charge in [-0.2, -0.15) is 5.10 Å². The average molecular weight is 413 g/mol. The molecule has 3 aromatic rings. The first-order valence-electron chi connectivity index (χ1n) is 6.18. The number of aromatic nitrogens is 2. The highest BCUT2D eigenvalue weighted by Gasteiger charge is 2.14. The quantitative estimate of drug-likeness (QED) is 0.661. The van der Waals surface area contributed by atoms with Crippen LogP contribution in [0.3, 0.4) is 0 Å². The van der Waals surface area contributed by atoms with Crippen molar-refractivity contribution in [3.05, 3.63) is 51.1 Å². The summed E-state index contributed by atoms with van der Waals surface area (Å²) in [5.41, 5.74) is 2.49. The van der Waals surface area contributed by atoms with E-state index in [9.17, 15) is 4.79 Å². The summed E-state index contributed by atoms with van der Waals surface area (Å²) in [6, 6.07) is 13.2. The van der Waals surface area contributed by atoms with Crippen molar-refractivity contribution in [3.63, 3.8) is 0 Å². The molecule has 4 nitrogen and oxygen atoms in total. The number of hydrogen-bond donors (Lipinski definition) is 1. The highest BCUT2D eigenvalue weighted by atomic mass is 127. The molecule has 0 saturated heterocycles. The number of halogens is 2. The van der Waals surface area contributed by atoms with Crippen molar-refractivity contribution in [2.45, 2.75) is 6.54 Å². The zero-order valence-electron chi connectivity index (χ0n) is 10.8. The van der Waals surface area contributed by atoms with Crippen LogP contribution in [0.15, 0.2) is 42.5 Å². The minimum atomic E-state index is -0.916. The van der Waals surface area contributed by atoms with E-state index in [0.717, 1.165) is 25.7 Å². The van der Waals surface area contributed by atoms with Crippen LogP contribution in [0.25, 0.3) is 22.2 Å². The van der Waals surface area contributed by atoms with E-state index < -0.39 is 5.97 Å². The van der Waals surface area contributed by atoms with Gasteiger partial charge in [0.05, 0.1) is 5.52 Å². The molecular formula is C15H10ClIN2O2. The van der Waals surface area contributed by atoms with E-state index in [-0.39, 0.29) is 6.54 Å². The monoisotopic (exact) mass is 412 g/mol. The Hall–Kier alpha value is -1.60. The molecule has 0 amide bonds. The molecule has 3 rings (SSSR count). The van der Waals surface area contributed by atoms with E-state index in [4.69, 9.17) is 16.7 Å². The molecule has 21 heavy (non-hydrogen) atoms. The zero-order chi connectivity index (χ0) is 15.0. The normalized spacial score (nSPS) is 11.0. The van der Waals surface area contributed by atoms with Gasteiger partial charge in [0, 0.05) is 19.5 Å². The number of rotatable bonds is 3. The smallest absolute Gasteiger partial charge is 0.325 e. The van der Waals surface area contributed by atoms with E-state index in [1.807, 2.05) is 30.3 Å². The maximum absolute atomic E-state index is 11.0. The standard InChI is InChI=1S/C15H10ClIN2O2/c16-10-3-1-9(2-4-10)15-12-7-11(17)5-6-13(12)19(18-15)8-14(20)21/h1-7H,8H2,(H,20,21). The molecule has 0 fully saturated rings. The summed E-state index contributed by atoms with van der Waals surface area (Å²) >= 11 is 8.14. The number of nitrogens with zero attached hydrogens (tertiary/aromatic N) is 2. The van der Waals surface area contributed by atoms with Gasteiger partial charge < -0.3 is 5.11 Å². The predicted molar refractivity (Wildman–Crippen MR) is 90.5 cm³/mol. The molecule has 6 heteroatoms. The highest BCUT2D eigenvalue weighted by molar-refractivity contribution is 14.1. The molecule has 1 N–H and O–H groups in total. The van der Waals surface area contributed by atoms with Crippen LogP contribution < -0.4 is 0 Å². The number of benzene rings is 2. The zero-order valence-corrected chi connectivity index (χ0v) is 13.7. The Morgan fingerprint density at radius 1 is 1.24 bits per heavy atom. The molecule has 0 radical (unpaired) electrons. The van der Waals surface area contributed by atoms with Crippen LogP contribution in [0, 0.1) is 3.57 Å². The van der Waals surface area contributed by atoms with Crippen LogP contribution in [0.2, 0.25) is 5.02 Å². The maximum atomic E-state index is 11.0. The van der Waals surface area contributed by atoms with Gasteiger partial charge in [-0.15, -0.1) is 0 Å². The molecule has 106 valence electrons. The Kier molecular flexibility index (Phi) is 3.86. The molecular weight excluding hydrogens is 403 g/mol. The fourth-order valence-corrected chi connectivity index (χ4v) is 2.84. The van der Waals surface area contributed by atoms with Crippen molar-refractivity contribution < 1.29 is 9.90 Å². The van der Waals surface area contributed by atoms with Crippen molar-refractivity contribution in [1.29, 1.82) is 0 Å². The molecule has 0 spiro atoms. The maximum Gasteiger partial charge on any atom is 0.325 e. The van der Waals surface area contributed by atoms with E-state index >= 15 is 0 Å². The molecule has 0 unspecified atom stereocenters. The number of hydrogen-bond acceptors (Lipinski definition) is 2. The van der Waals surface area contributed by atoms with Gasteiger partial charge in [-0.1, -0.05) is 23.7 Å². The third-order valence-corrected chi connectivity index (χ3v) is 4.04. The third kappa shape index (κ3) is 2.89. The van der Waals surface area contributed by atoms with Gasteiger partial charge in [-0.05, 0) is 52.9 Å². The lowest BCUT2D eigenvalue weighted by molar-refractivity contribution is -0.137. The number of aliphatic carboxylic acids is 1. The summed E-state index contributed by atoms with van der Waals surface area (Å²) in [6.07, 6.45) is 0. The molecule has 1 heterocycles. The second kappa shape index (κ2) is 5.65. The Morgan fingerprint density at radius 3 is 2.62 bits per heavy atom. The number of carboxylic acid groups (broad SMARTS) is 1. The summed E-state index contributed by atoms with van der Waals surface area (Å²) in [6.45, 7) is -0.162. The highest BCUT2D eigenvalue weighted by Crippen LogP contribution is 2.30. The first kappa shape index (κ1) is 14.3. The summed E-state index contributed by atoms with van der Waals surface area (Å²) in [5.74, 6) is -0.916. The fourth-order valence-electron chi connectivity index (χ4n) is 2.22. The summed E-state index contributed by atoms with van der Waals surface area (Å²) in [7, 11) is 0. The van der Waals surface area contributed by atoms with Gasteiger partial charge in [-0.3, -0.25) is 9.48 Å². The lowest BCUT2D eigenvalue weighted by Gasteiger charge is -1.98. The first-order chi connectivity index (χ1) is 10.0. The van der Waals surface area contributed by atoms with Gasteiger partial charge in [0.1, 0.15) is 12.2 Å². The van der Waals surface area contributed by atoms with Gasteiger partial charge in [0.25, 0.3) is 0 Å². The van der Waals surface area contributed by atoms with E-state index in [0.29, 0.717) is 5.02 Å². The molecule has 2 aromatic carbocycles. The largest absolute Gasteiger partial charge is 0.480 e. The van der Waals surface area contributed by atoms with Crippen LogP contribution >= 0.6 is 34.2 Å². The van der Waals surface area contributed by atoms with Crippen LogP contribution in [-0.2, 0) is 11.3 Å². The minimum Gasteiger partial charge on any atom is -0.480 e. The van der Waals surface area contributed by atoms with Crippen molar-refractivity contribution in [2.75, 3.05) is 0 Å². The summed E-state index contributed by atoms with van der Waals surface area (Å²) in [4.78, 5) is 11.0. The van der Waals surface area contributed by atoms with Crippen molar-refractivity contribution in [3.8, 4) is 11.3 Å². The Balaban J connectivity index is 2.23. The molecule has 0 saturated carbocycles. The third-order valence-electron chi connectivity index (χ3n) is 3.12. The molecule has 1 aromatic heterocycles.